The van der Waals surface area contributed by atoms with E-state index in [1.807, 2.05) is 0 Å². The molecule has 1 saturated carbocycles. The van der Waals surface area contributed by atoms with Crippen LogP contribution in [0.2, 0.25) is 0 Å². The molecule has 60 valence electrons. The summed E-state index contributed by atoms with van der Waals surface area (Å²) in [5.41, 5.74) is 0. The second-order valence-corrected chi connectivity index (χ2v) is 3.60. The predicted molar refractivity (Wildman–Crippen MR) is 45.0 cm³/mol. The van der Waals surface area contributed by atoms with Crippen LogP contribution in [0.3, 0.4) is 0 Å². The smallest absolute Gasteiger partial charge is 0.0123 e. The Balaban J connectivity index is 2.44. The zero-order chi connectivity index (χ0) is 7.72. The first kappa shape index (κ1) is 8.06. The standard InChI is InChI=1S/C9H19N/c1-5-8-6(2)7(3)9(8)10-4/h6-10H,5H2,1-4H3. The van der Waals surface area contributed by atoms with E-state index in [0.29, 0.717) is 0 Å². The summed E-state index contributed by atoms with van der Waals surface area (Å²) in [4.78, 5) is 0. The van der Waals surface area contributed by atoms with Crippen molar-refractivity contribution in [2.45, 2.75) is 33.2 Å². The fourth-order valence-corrected chi connectivity index (χ4v) is 2.39. The molecule has 0 amide bonds. The molecule has 0 heterocycles. The molecule has 0 aromatic carbocycles. The van der Waals surface area contributed by atoms with E-state index >= 15 is 0 Å². The summed E-state index contributed by atoms with van der Waals surface area (Å²) in [6.45, 7) is 7.00. The lowest BCUT2D eigenvalue weighted by atomic mass is 9.61. The molecule has 1 N–H and O–H groups in total. The van der Waals surface area contributed by atoms with Crippen LogP contribution in [0.15, 0.2) is 0 Å². The molecule has 0 aromatic heterocycles. The van der Waals surface area contributed by atoms with E-state index in [1.165, 1.54) is 6.42 Å². The van der Waals surface area contributed by atoms with Crippen LogP contribution in [0.4, 0.5) is 0 Å². The van der Waals surface area contributed by atoms with Crippen molar-refractivity contribution in [3.05, 3.63) is 0 Å². The van der Waals surface area contributed by atoms with E-state index in [9.17, 15) is 0 Å². The van der Waals surface area contributed by atoms with Crippen molar-refractivity contribution in [1.29, 1.82) is 0 Å². The Morgan fingerprint density at radius 1 is 1.20 bits per heavy atom. The summed E-state index contributed by atoms with van der Waals surface area (Å²) in [5, 5.41) is 3.38. The van der Waals surface area contributed by atoms with Crippen molar-refractivity contribution in [2.75, 3.05) is 7.05 Å². The average molecular weight is 141 g/mol. The van der Waals surface area contributed by atoms with Crippen molar-refractivity contribution in [2.24, 2.45) is 17.8 Å². The van der Waals surface area contributed by atoms with Gasteiger partial charge in [0.2, 0.25) is 0 Å². The highest BCUT2D eigenvalue weighted by atomic mass is 14.9. The first-order chi connectivity index (χ1) is 4.72. The van der Waals surface area contributed by atoms with E-state index in [2.05, 4.69) is 33.1 Å². The molecule has 4 unspecified atom stereocenters. The Bertz CT molecular complexity index is 97.3. The quantitative estimate of drug-likeness (QED) is 0.619. The highest BCUT2D eigenvalue weighted by molar-refractivity contribution is 4.95. The van der Waals surface area contributed by atoms with Crippen LogP contribution < -0.4 is 5.32 Å². The molecule has 10 heavy (non-hydrogen) atoms. The summed E-state index contributed by atoms with van der Waals surface area (Å²) in [6.07, 6.45) is 1.33. The van der Waals surface area contributed by atoms with Crippen molar-refractivity contribution in [1.82, 2.24) is 5.32 Å². The van der Waals surface area contributed by atoms with Gasteiger partial charge in [0.1, 0.15) is 0 Å². The Morgan fingerprint density at radius 3 is 2.10 bits per heavy atom. The third kappa shape index (κ3) is 0.968. The Morgan fingerprint density at radius 2 is 1.80 bits per heavy atom. The summed E-state index contributed by atoms with van der Waals surface area (Å²) >= 11 is 0. The minimum absolute atomic E-state index is 0.792. The number of rotatable bonds is 2. The van der Waals surface area contributed by atoms with Gasteiger partial charge in [-0.2, -0.15) is 0 Å². The molecule has 1 rings (SSSR count). The molecule has 0 saturated heterocycles. The molecule has 1 heteroatoms. The average Bonchev–Trinajstić information content (AvgIpc) is 1.97. The minimum Gasteiger partial charge on any atom is -0.316 e. The monoisotopic (exact) mass is 141 g/mol. The van der Waals surface area contributed by atoms with E-state index in [4.69, 9.17) is 0 Å². The SMILES string of the molecule is CCC1C(C)C(C)C1NC. The van der Waals surface area contributed by atoms with Gasteiger partial charge in [-0.25, -0.2) is 0 Å². The molecular formula is C9H19N. The van der Waals surface area contributed by atoms with Gasteiger partial charge < -0.3 is 5.32 Å². The molecular weight excluding hydrogens is 122 g/mol. The largest absolute Gasteiger partial charge is 0.316 e. The van der Waals surface area contributed by atoms with Crippen LogP contribution >= 0.6 is 0 Å². The van der Waals surface area contributed by atoms with Gasteiger partial charge in [-0.1, -0.05) is 27.2 Å². The van der Waals surface area contributed by atoms with E-state index < -0.39 is 0 Å². The summed E-state index contributed by atoms with van der Waals surface area (Å²) in [5.74, 6) is 2.75. The highest BCUT2D eigenvalue weighted by Gasteiger charge is 2.42. The van der Waals surface area contributed by atoms with Crippen molar-refractivity contribution in [3.63, 3.8) is 0 Å². The predicted octanol–water partition coefficient (Wildman–Crippen LogP) is 1.89. The van der Waals surface area contributed by atoms with Gasteiger partial charge in [0.25, 0.3) is 0 Å². The molecule has 0 aromatic rings. The van der Waals surface area contributed by atoms with Crippen LogP contribution in [0.25, 0.3) is 0 Å². The summed E-state index contributed by atoms with van der Waals surface area (Å²) in [6, 6.07) is 0.792. The van der Waals surface area contributed by atoms with Crippen molar-refractivity contribution < 1.29 is 0 Å². The van der Waals surface area contributed by atoms with E-state index in [-0.39, 0.29) is 0 Å². The van der Waals surface area contributed by atoms with Crippen molar-refractivity contribution >= 4 is 0 Å². The number of hydrogen-bond donors (Lipinski definition) is 1. The maximum absolute atomic E-state index is 3.38. The number of hydrogen-bond acceptors (Lipinski definition) is 1. The maximum atomic E-state index is 3.38. The fraction of sp³-hybridized carbons (Fsp3) is 1.00. The molecule has 0 radical (unpaired) electrons. The Hall–Kier alpha value is -0.0400. The van der Waals surface area contributed by atoms with Gasteiger partial charge in [-0.3, -0.25) is 0 Å². The van der Waals surface area contributed by atoms with E-state index in [0.717, 1.165) is 23.8 Å². The van der Waals surface area contributed by atoms with Crippen LogP contribution in [0, 0.1) is 17.8 Å². The van der Waals surface area contributed by atoms with Gasteiger partial charge in [-0.05, 0) is 24.8 Å². The summed E-state index contributed by atoms with van der Waals surface area (Å²) in [7, 11) is 2.08. The molecule has 4 atom stereocenters. The highest BCUT2D eigenvalue weighted by Crippen LogP contribution is 2.41. The summed E-state index contributed by atoms with van der Waals surface area (Å²) < 4.78 is 0. The maximum Gasteiger partial charge on any atom is 0.0123 e. The molecule has 0 bridgehead atoms. The fourth-order valence-electron chi connectivity index (χ4n) is 2.39. The number of nitrogens with one attached hydrogen (secondary N) is 1. The Labute approximate surface area is 64.2 Å². The van der Waals surface area contributed by atoms with Crippen LogP contribution in [0.1, 0.15) is 27.2 Å². The second-order valence-electron chi connectivity index (χ2n) is 3.60. The minimum atomic E-state index is 0.792. The topological polar surface area (TPSA) is 12.0 Å². The normalized spacial score (nSPS) is 46.8. The molecule has 1 fully saturated rings. The molecule has 1 aliphatic rings. The molecule has 0 aliphatic heterocycles. The Kier molecular flexibility index (Phi) is 2.35. The van der Waals surface area contributed by atoms with Gasteiger partial charge in [-0.15, -0.1) is 0 Å². The lowest BCUT2D eigenvalue weighted by Gasteiger charge is -2.49. The zero-order valence-electron chi connectivity index (χ0n) is 7.52. The zero-order valence-corrected chi connectivity index (χ0v) is 7.52. The third-order valence-corrected chi connectivity index (χ3v) is 3.34. The first-order valence-electron chi connectivity index (χ1n) is 4.39. The third-order valence-electron chi connectivity index (χ3n) is 3.34. The first-order valence-corrected chi connectivity index (χ1v) is 4.39. The van der Waals surface area contributed by atoms with Gasteiger partial charge in [0, 0.05) is 6.04 Å². The lowest BCUT2D eigenvalue weighted by molar-refractivity contribution is 0.0406. The molecule has 1 nitrogen and oxygen atoms in total. The van der Waals surface area contributed by atoms with Crippen LogP contribution in [0.5, 0.6) is 0 Å². The second kappa shape index (κ2) is 2.91. The van der Waals surface area contributed by atoms with Crippen molar-refractivity contribution in [3.8, 4) is 0 Å². The van der Waals surface area contributed by atoms with Gasteiger partial charge >= 0.3 is 0 Å². The van der Waals surface area contributed by atoms with Crippen LogP contribution in [-0.4, -0.2) is 13.1 Å². The lowest BCUT2D eigenvalue weighted by Crippen LogP contribution is -2.55. The van der Waals surface area contributed by atoms with Crippen LogP contribution in [-0.2, 0) is 0 Å². The van der Waals surface area contributed by atoms with Gasteiger partial charge in [0.05, 0.1) is 0 Å². The molecule has 1 aliphatic carbocycles. The van der Waals surface area contributed by atoms with E-state index in [1.54, 1.807) is 0 Å². The van der Waals surface area contributed by atoms with Gasteiger partial charge in [0.15, 0.2) is 0 Å². The molecule has 0 spiro atoms.